The largest absolute Gasteiger partial charge is 0.493 e. The Bertz CT molecular complexity index is 907. The molecule has 0 aliphatic heterocycles. The minimum absolute atomic E-state index is 0.0601. The van der Waals surface area contributed by atoms with Gasteiger partial charge in [-0.2, -0.15) is 0 Å². The third-order valence-corrected chi connectivity index (χ3v) is 4.21. The van der Waals surface area contributed by atoms with Crippen molar-refractivity contribution >= 4 is 11.6 Å². The van der Waals surface area contributed by atoms with Crippen LogP contribution in [0.1, 0.15) is 30.8 Å². The molecule has 1 amide bonds. The predicted molar refractivity (Wildman–Crippen MR) is 97.4 cm³/mol. The fourth-order valence-electron chi connectivity index (χ4n) is 2.93. The maximum atomic E-state index is 12.4. The fourth-order valence-corrected chi connectivity index (χ4v) is 2.93. The van der Waals surface area contributed by atoms with E-state index in [2.05, 4.69) is 15.5 Å². The van der Waals surface area contributed by atoms with Crippen molar-refractivity contribution in [2.45, 2.75) is 25.8 Å². The molecule has 0 radical (unpaired) electrons. The van der Waals surface area contributed by atoms with Crippen molar-refractivity contribution in [3.8, 4) is 11.5 Å². The van der Waals surface area contributed by atoms with Gasteiger partial charge in [0.05, 0.1) is 20.3 Å². The number of ether oxygens (including phenoxy) is 2. The molecule has 0 fully saturated rings. The number of amides is 1. The van der Waals surface area contributed by atoms with Crippen LogP contribution in [0.2, 0.25) is 0 Å². The first-order valence-corrected chi connectivity index (χ1v) is 8.43. The molecule has 0 bridgehead atoms. The normalized spacial score (nSPS) is 12.0. The topological polar surface area (TPSA) is 77.8 Å². The van der Waals surface area contributed by atoms with E-state index in [9.17, 15) is 4.79 Å². The summed E-state index contributed by atoms with van der Waals surface area (Å²) in [6.45, 7) is 1.90. The Morgan fingerprint density at radius 1 is 1.15 bits per heavy atom. The molecule has 0 unspecified atom stereocenters. The van der Waals surface area contributed by atoms with E-state index < -0.39 is 0 Å². The number of nitrogens with zero attached hydrogens (tertiary/aromatic N) is 3. The van der Waals surface area contributed by atoms with E-state index in [4.69, 9.17) is 9.47 Å². The molecule has 7 nitrogen and oxygen atoms in total. The molecule has 1 aromatic carbocycles. The van der Waals surface area contributed by atoms with Gasteiger partial charge in [-0.05, 0) is 37.1 Å². The van der Waals surface area contributed by atoms with Crippen LogP contribution in [0.4, 0.5) is 0 Å². The summed E-state index contributed by atoms with van der Waals surface area (Å²) in [4.78, 5) is 12.4. The van der Waals surface area contributed by atoms with Gasteiger partial charge < -0.3 is 14.8 Å². The number of aryl methyl sites for hydroxylation is 1. The molecule has 2 heterocycles. The highest BCUT2D eigenvalue weighted by Gasteiger charge is 2.16. The van der Waals surface area contributed by atoms with Crippen LogP contribution in [0, 0.1) is 0 Å². The number of hydrogen-bond donors (Lipinski definition) is 1. The van der Waals surface area contributed by atoms with Gasteiger partial charge in [-0.3, -0.25) is 9.20 Å². The maximum absolute atomic E-state index is 12.4. The summed E-state index contributed by atoms with van der Waals surface area (Å²) < 4.78 is 12.6. The van der Waals surface area contributed by atoms with Crippen LogP contribution in [0.3, 0.4) is 0 Å². The first-order valence-electron chi connectivity index (χ1n) is 8.43. The first kappa shape index (κ1) is 17.7. The van der Waals surface area contributed by atoms with Crippen molar-refractivity contribution in [1.29, 1.82) is 0 Å². The molecule has 1 N–H and O–H groups in total. The summed E-state index contributed by atoms with van der Waals surface area (Å²) in [5, 5.41) is 11.3. The molecule has 3 rings (SSSR count). The summed E-state index contributed by atoms with van der Waals surface area (Å²) in [5.74, 6) is 1.97. The van der Waals surface area contributed by atoms with Crippen molar-refractivity contribution in [2.75, 3.05) is 14.2 Å². The van der Waals surface area contributed by atoms with Crippen LogP contribution >= 0.6 is 0 Å². The van der Waals surface area contributed by atoms with Gasteiger partial charge in [-0.25, -0.2) is 0 Å². The van der Waals surface area contributed by atoms with Gasteiger partial charge in [0.1, 0.15) is 0 Å². The van der Waals surface area contributed by atoms with Crippen molar-refractivity contribution < 1.29 is 14.3 Å². The smallest absolute Gasteiger partial charge is 0.220 e. The number of para-hydroxylation sites is 1. The number of rotatable bonds is 7. The van der Waals surface area contributed by atoms with Crippen LogP contribution in [-0.2, 0) is 11.2 Å². The maximum Gasteiger partial charge on any atom is 0.220 e. The Kier molecular flexibility index (Phi) is 5.36. The average molecular weight is 354 g/mol. The van der Waals surface area contributed by atoms with Crippen LogP contribution in [0.25, 0.3) is 5.65 Å². The van der Waals surface area contributed by atoms with Crippen molar-refractivity contribution in [2.24, 2.45) is 0 Å². The zero-order chi connectivity index (χ0) is 18.5. The van der Waals surface area contributed by atoms with Crippen molar-refractivity contribution in [3.05, 3.63) is 54.0 Å². The van der Waals surface area contributed by atoms with E-state index in [0.29, 0.717) is 30.2 Å². The lowest BCUT2D eigenvalue weighted by Gasteiger charge is -2.14. The molecular weight excluding hydrogens is 332 g/mol. The number of benzene rings is 1. The SMILES string of the molecule is COc1cccc(CCC(=O)N[C@@H](C)c2nnc3ccccn23)c1OC. The van der Waals surface area contributed by atoms with Gasteiger partial charge in [0.25, 0.3) is 0 Å². The highest BCUT2D eigenvalue weighted by Crippen LogP contribution is 2.31. The second-order valence-electron chi connectivity index (χ2n) is 5.93. The molecule has 2 aromatic heterocycles. The summed E-state index contributed by atoms with van der Waals surface area (Å²) in [6.07, 6.45) is 2.78. The van der Waals surface area contributed by atoms with Gasteiger partial charge >= 0.3 is 0 Å². The second kappa shape index (κ2) is 7.86. The number of carbonyl (C=O) groups is 1. The second-order valence-corrected chi connectivity index (χ2v) is 5.93. The predicted octanol–water partition coefficient (Wildman–Crippen LogP) is 2.56. The molecule has 0 spiro atoms. The highest BCUT2D eigenvalue weighted by molar-refractivity contribution is 5.76. The summed E-state index contributed by atoms with van der Waals surface area (Å²) in [5.41, 5.74) is 1.69. The number of carbonyl (C=O) groups excluding carboxylic acids is 1. The molecule has 3 aromatic rings. The number of hydrogen-bond acceptors (Lipinski definition) is 5. The van der Waals surface area contributed by atoms with E-state index in [-0.39, 0.29) is 11.9 Å². The Hall–Kier alpha value is -3.09. The third kappa shape index (κ3) is 3.61. The van der Waals surface area contributed by atoms with E-state index in [1.54, 1.807) is 14.2 Å². The standard InChI is InChI=1S/C19H22N4O3/c1-13(19-22-21-16-9-4-5-12-23(16)19)20-17(24)11-10-14-7-6-8-15(25-2)18(14)26-3/h4-9,12-13H,10-11H2,1-3H3,(H,20,24)/t13-/m0/s1. The monoisotopic (exact) mass is 354 g/mol. The molecule has 136 valence electrons. The van der Waals surface area contributed by atoms with Crippen molar-refractivity contribution in [3.63, 3.8) is 0 Å². The quantitative estimate of drug-likeness (QED) is 0.705. The minimum atomic E-state index is -0.243. The molecule has 0 saturated heterocycles. The number of fused-ring (bicyclic) bond motifs is 1. The summed E-state index contributed by atoms with van der Waals surface area (Å²) in [7, 11) is 3.19. The first-order chi connectivity index (χ1) is 12.6. The molecule has 0 saturated carbocycles. The third-order valence-electron chi connectivity index (χ3n) is 4.21. The van der Waals surface area contributed by atoms with E-state index in [0.717, 1.165) is 11.2 Å². The zero-order valence-corrected chi connectivity index (χ0v) is 15.1. The van der Waals surface area contributed by atoms with Gasteiger partial charge in [0.15, 0.2) is 23.0 Å². The van der Waals surface area contributed by atoms with Crippen molar-refractivity contribution in [1.82, 2.24) is 19.9 Å². The van der Waals surface area contributed by atoms with Gasteiger partial charge in [-0.15, -0.1) is 10.2 Å². The van der Waals surface area contributed by atoms with E-state index in [1.165, 1.54) is 0 Å². The lowest BCUT2D eigenvalue weighted by Crippen LogP contribution is -2.28. The Balaban J connectivity index is 1.64. The Morgan fingerprint density at radius 2 is 2.00 bits per heavy atom. The van der Waals surface area contributed by atoms with Crippen LogP contribution in [-0.4, -0.2) is 34.7 Å². The summed E-state index contributed by atoms with van der Waals surface area (Å²) >= 11 is 0. The van der Waals surface area contributed by atoms with Gasteiger partial charge in [0.2, 0.25) is 5.91 Å². The minimum Gasteiger partial charge on any atom is -0.493 e. The number of aromatic nitrogens is 3. The molecule has 1 atom stereocenters. The average Bonchev–Trinajstić information content (AvgIpc) is 3.10. The number of nitrogens with one attached hydrogen (secondary N) is 1. The van der Waals surface area contributed by atoms with E-state index in [1.807, 2.05) is 53.9 Å². The molecule has 26 heavy (non-hydrogen) atoms. The highest BCUT2D eigenvalue weighted by atomic mass is 16.5. The van der Waals surface area contributed by atoms with Gasteiger partial charge in [-0.1, -0.05) is 18.2 Å². The number of pyridine rings is 1. The summed E-state index contributed by atoms with van der Waals surface area (Å²) in [6, 6.07) is 11.1. The van der Waals surface area contributed by atoms with Gasteiger partial charge in [0, 0.05) is 12.6 Å². The molecule has 7 heteroatoms. The van der Waals surface area contributed by atoms with E-state index >= 15 is 0 Å². The molecule has 0 aliphatic carbocycles. The Labute approximate surface area is 152 Å². The van der Waals surface area contributed by atoms with Crippen LogP contribution in [0.15, 0.2) is 42.6 Å². The van der Waals surface area contributed by atoms with Crippen LogP contribution < -0.4 is 14.8 Å². The molecule has 0 aliphatic rings. The Morgan fingerprint density at radius 3 is 2.77 bits per heavy atom. The fraction of sp³-hybridized carbons (Fsp3) is 0.316. The zero-order valence-electron chi connectivity index (χ0n) is 15.1. The number of methoxy groups -OCH3 is 2. The lowest BCUT2D eigenvalue weighted by atomic mass is 10.1. The lowest BCUT2D eigenvalue weighted by molar-refractivity contribution is -0.121. The van der Waals surface area contributed by atoms with Crippen LogP contribution in [0.5, 0.6) is 11.5 Å². The molecular formula is C19H22N4O3.